The second kappa shape index (κ2) is 5.30. The number of hydrogen-bond donors (Lipinski definition) is 0. The summed E-state index contributed by atoms with van der Waals surface area (Å²) in [4.78, 5) is 0.998. The molecule has 0 unspecified atom stereocenters. The van der Waals surface area contributed by atoms with E-state index < -0.39 is 5.82 Å². The van der Waals surface area contributed by atoms with Gasteiger partial charge in [0.2, 0.25) is 0 Å². The van der Waals surface area contributed by atoms with Crippen LogP contribution >= 0.6 is 27.3 Å². The third-order valence-electron chi connectivity index (χ3n) is 2.14. The molecule has 0 bridgehead atoms. The van der Waals surface area contributed by atoms with Gasteiger partial charge in [-0.2, -0.15) is 5.26 Å². The zero-order valence-corrected chi connectivity index (χ0v) is 11.0. The number of hydrogen-bond acceptors (Lipinski definition) is 3. The summed E-state index contributed by atoms with van der Waals surface area (Å²) in [5.41, 5.74) is -0.0554. The van der Waals surface area contributed by atoms with Crippen molar-refractivity contribution in [1.82, 2.24) is 0 Å². The molecule has 1 aromatic heterocycles. The molecule has 1 heterocycles. The molecule has 2 rings (SSSR count). The monoisotopic (exact) mass is 311 g/mol. The second-order valence-electron chi connectivity index (χ2n) is 3.21. The average molecular weight is 312 g/mol. The molecule has 17 heavy (non-hydrogen) atoms. The van der Waals surface area contributed by atoms with Crippen molar-refractivity contribution in [2.24, 2.45) is 0 Å². The average Bonchev–Trinajstić information content (AvgIpc) is 2.72. The maximum Gasteiger partial charge on any atom is 0.144 e. The fraction of sp³-hybridized carbons (Fsp3) is 0.0833. The lowest BCUT2D eigenvalue weighted by Crippen LogP contribution is -1.97. The molecule has 0 atom stereocenters. The fourth-order valence-corrected chi connectivity index (χ4v) is 2.68. The van der Waals surface area contributed by atoms with Gasteiger partial charge in [0.1, 0.15) is 29.8 Å². The van der Waals surface area contributed by atoms with Crippen molar-refractivity contribution < 1.29 is 9.13 Å². The van der Waals surface area contributed by atoms with Gasteiger partial charge in [0.25, 0.3) is 0 Å². The van der Waals surface area contributed by atoms with Crippen LogP contribution in [0.4, 0.5) is 4.39 Å². The summed E-state index contributed by atoms with van der Waals surface area (Å²) in [5.74, 6) is -0.289. The maximum absolute atomic E-state index is 13.3. The molecule has 86 valence electrons. The largest absolute Gasteiger partial charge is 0.487 e. The molecule has 0 N–H and O–H groups in total. The van der Waals surface area contributed by atoms with E-state index in [9.17, 15) is 4.39 Å². The van der Waals surface area contributed by atoms with E-state index in [0.717, 1.165) is 9.35 Å². The highest BCUT2D eigenvalue weighted by molar-refractivity contribution is 9.10. The predicted octanol–water partition coefficient (Wildman–Crippen LogP) is 4.10. The molecule has 0 amide bonds. The summed E-state index contributed by atoms with van der Waals surface area (Å²) in [7, 11) is 0. The molecular formula is C12H7BrFNOS. The number of ether oxygens (including phenoxy) is 1. The molecule has 0 radical (unpaired) electrons. The molecule has 2 nitrogen and oxygen atoms in total. The minimum absolute atomic E-state index is 0.0554. The zero-order valence-electron chi connectivity index (χ0n) is 8.61. The second-order valence-corrected chi connectivity index (χ2v) is 5.06. The molecular weight excluding hydrogens is 305 g/mol. The van der Waals surface area contributed by atoms with Crippen LogP contribution in [0.3, 0.4) is 0 Å². The Morgan fingerprint density at radius 1 is 1.41 bits per heavy atom. The predicted molar refractivity (Wildman–Crippen MR) is 67.5 cm³/mol. The van der Waals surface area contributed by atoms with Crippen molar-refractivity contribution in [3.8, 4) is 11.8 Å². The maximum atomic E-state index is 13.3. The number of nitrogens with zero attached hydrogens (tertiary/aromatic N) is 1. The Hall–Kier alpha value is -1.38. The number of nitriles is 1. The molecule has 0 saturated heterocycles. The van der Waals surface area contributed by atoms with Crippen LogP contribution < -0.4 is 4.74 Å². The van der Waals surface area contributed by atoms with E-state index in [0.29, 0.717) is 6.61 Å². The Morgan fingerprint density at radius 2 is 2.24 bits per heavy atom. The van der Waals surface area contributed by atoms with Crippen LogP contribution in [0.5, 0.6) is 5.75 Å². The highest BCUT2D eigenvalue weighted by Gasteiger charge is 2.10. The molecule has 0 saturated carbocycles. The fourth-order valence-electron chi connectivity index (χ4n) is 1.30. The van der Waals surface area contributed by atoms with E-state index in [1.165, 1.54) is 23.5 Å². The third-order valence-corrected chi connectivity index (χ3v) is 4.04. The van der Waals surface area contributed by atoms with Crippen LogP contribution in [0, 0.1) is 17.1 Å². The number of benzene rings is 1. The van der Waals surface area contributed by atoms with Gasteiger partial charge in [0.15, 0.2) is 0 Å². The van der Waals surface area contributed by atoms with Gasteiger partial charge in [0, 0.05) is 4.47 Å². The van der Waals surface area contributed by atoms with E-state index in [1.807, 2.05) is 11.4 Å². The summed E-state index contributed by atoms with van der Waals surface area (Å²) >= 11 is 4.92. The van der Waals surface area contributed by atoms with Gasteiger partial charge in [0.05, 0.1) is 4.88 Å². The van der Waals surface area contributed by atoms with Crippen LogP contribution in [0.2, 0.25) is 0 Å². The van der Waals surface area contributed by atoms with Crippen molar-refractivity contribution in [2.75, 3.05) is 0 Å². The Bertz CT molecular complexity index is 576. The molecule has 0 spiro atoms. The zero-order chi connectivity index (χ0) is 12.3. The van der Waals surface area contributed by atoms with Crippen LogP contribution in [0.25, 0.3) is 0 Å². The Morgan fingerprint density at radius 3 is 2.88 bits per heavy atom. The molecule has 0 aliphatic heterocycles. The van der Waals surface area contributed by atoms with Crippen molar-refractivity contribution in [3.63, 3.8) is 0 Å². The van der Waals surface area contributed by atoms with Crippen molar-refractivity contribution in [2.45, 2.75) is 6.61 Å². The van der Waals surface area contributed by atoms with Crippen molar-refractivity contribution in [3.05, 3.63) is 50.4 Å². The summed E-state index contributed by atoms with van der Waals surface area (Å²) in [5, 5.41) is 10.8. The Labute approximate surface area is 110 Å². The Kier molecular flexibility index (Phi) is 3.77. The lowest BCUT2D eigenvalue weighted by molar-refractivity contribution is 0.306. The highest BCUT2D eigenvalue weighted by atomic mass is 79.9. The first kappa shape index (κ1) is 12.1. The summed E-state index contributed by atoms with van der Waals surface area (Å²) in [6.45, 7) is 0.316. The first-order chi connectivity index (χ1) is 8.22. The lowest BCUT2D eigenvalue weighted by Gasteiger charge is -2.07. The summed E-state index contributed by atoms with van der Waals surface area (Å²) < 4.78 is 19.7. The van der Waals surface area contributed by atoms with Crippen molar-refractivity contribution in [1.29, 1.82) is 5.26 Å². The molecule has 0 aliphatic carbocycles. The van der Waals surface area contributed by atoms with Crippen LogP contribution in [-0.2, 0) is 6.61 Å². The molecule has 5 heteroatoms. The van der Waals surface area contributed by atoms with Crippen LogP contribution in [-0.4, -0.2) is 0 Å². The van der Waals surface area contributed by atoms with Gasteiger partial charge < -0.3 is 4.74 Å². The van der Waals surface area contributed by atoms with Crippen molar-refractivity contribution >= 4 is 27.3 Å². The van der Waals surface area contributed by atoms with Gasteiger partial charge >= 0.3 is 0 Å². The molecule has 0 fully saturated rings. The number of thiophene rings is 1. The first-order valence-corrected chi connectivity index (χ1v) is 6.43. The smallest absolute Gasteiger partial charge is 0.144 e. The number of halogens is 2. The van der Waals surface area contributed by atoms with E-state index in [2.05, 4.69) is 15.9 Å². The minimum atomic E-state index is -0.560. The van der Waals surface area contributed by atoms with E-state index in [4.69, 9.17) is 10.00 Å². The van der Waals surface area contributed by atoms with Crippen LogP contribution in [0.15, 0.2) is 34.1 Å². The minimum Gasteiger partial charge on any atom is -0.487 e. The van der Waals surface area contributed by atoms with E-state index in [-0.39, 0.29) is 11.3 Å². The molecule has 2 aromatic rings. The normalized spacial score (nSPS) is 9.94. The molecule has 0 aliphatic rings. The summed E-state index contributed by atoms with van der Waals surface area (Å²) in [6.07, 6.45) is 0. The quantitative estimate of drug-likeness (QED) is 0.855. The van der Waals surface area contributed by atoms with Gasteiger partial charge in [-0.3, -0.25) is 0 Å². The highest BCUT2D eigenvalue weighted by Crippen LogP contribution is 2.26. The first-order valence-electron chi connectivity index (χ1n) is 4.75. The number of rotatable bonds is 3. The third kappa shape index (κ3) is 2.65. The summed E-state index contributed by atoms with van der Waals surface area (Å²) in [6, 6.07) is 8.07. The van der Waals surface area contributed by atoms with Gasteiger partial charge in [-0.15, -0.1) is 11.3 Å². The Balaban J connectivity index is 2.18. The van der Waals surface area contributed by atoms with Gasteiger partial charge in [-0.05, 0) is 39.5 Å². The molecule has 1 aromatic carbocycles. The van der Waals surface area contributed by atoms with Crippen LogP contribution in [0.1, 0.15) is 10.4 Å². The van der Waals surface area contributed by atoms with E-state index in [1.54, 1.807) is 12.1 Å². The SMILES string of the molecule is N#Cc1c(F)cccc1OCc1sccc1Br. The van der Waals surface area contributed by atoms with E-state index >= 15 is 0 Å². The van der Waals surface area contributed by atoms with Gasteiger partial charge in [-0.25, -0.2) is 4.39 Å². The van der Waals surface area contributed by atoms with Gasteiger partial charge in [-0.1, -0.05) is 6.07 Å². The topological polar surface area (TPSA) is 33.0 Å². The standard InChI is InChI=1S/C12H7BrFNOS/c13-9-4-5-17-12(9)7-16-11-3-1-2-10(14)8(11)6-15/h1-5H,7H2. The lowest BCUT2D eigenvalue weighted by atomic mass is 10.2.